The summed E-state index contributed by atoms with van der Waals surface area (Å²) in [7, 11) is 0. The van der Waals surface area contributed by atoms with E-state index in [1.807, 2.05) is 0 Å². The Labute approximate surface area is 120 Å². The Morgan fingerprint density at radius 1 is 1.17 bits per heavy atom. The third-order valence-electron chi connectivity index (χ3n) is 2.70. The molecular weight excluding hydrogens is 288 g/mol. The average molecular weight is 313 g/mol. The molecule has 18 heavy (non-hydrogen) atoms. The van der Waals surface area contributed by atoms with Gasteiger partial charge in [0, 0.05) is 16.6 Å². The van der Waals surface area contributed by atoms with Crippen LogP contribution in [0.5, 0.6) is 0 Å². The van der Waals surface area contributed by atoms with Crippen molar-refractivity contribution in [2.45, 2.75) is 46.2 Å². The predicted octanol–water partition coefficient (Wildman–Crippen LogP) is 3.63. The number of hydrogen-bond donors (Lipinski definition) is 2. The molecule has 0 aromatic heterocycles. The fraction of sp³-hybridized carbons (Fsp3) is 0.600. The summed E-state index contributed by atoms with van der Waals surface area (Å²) in [5.41, 5.74) is 2.86. The molecular formula is C15H25BrN2. The molecule has 0 fully saturated rings. The third kappa shape index (κ3) is 6.53. The van der Waals surface area contributed by atoms with Crippen LogP contribution < -0.4 is 10.6 Å². The number of halogens is 1. The van der Waals surface area contributed by atoms with Crippen molar-refractivity contribution in [1.82, 2.24) is 10.6 Å². The van der Waals surface area contributed by atoms with Gasteiger partial charge in [-0.1, -0.05) is 33.6 Å². The van der Waals surface area contributed by atoms with E-state index >= 15 is 0 Å². The van der Waals surface area contributed by atoms with Gasteiger partial charge in [-0.3, -0.25) is 0 Å². The predicted molar refractivity (Wildman–Crippen MR) is 83.0 cm³/mol. The van der Waals surface area contributed by atoms with Crippen molar-refractivity contribution in [3.63, 3.8) is 0 Å². The van der Waals surface area contributed by atoms with Gasteiger partial charge >= 0.3 is 0 Å². The lowest BCUT2D eigenvalue weighted by Crippen LogP contribution is -2.37. The maximum absolute atomic E-state index is 3.59. The van der Waals surface area contributed by atoms with Gasteiger partial charge < -0.3 is 10.6 Å². The minimum absolute atomic E-state index is 0.222. The molecule has 1 rings (SSSR count). The molecule has 0 aliphatic heterocycles. The van der Waals surface area contributed by atoms with Gasteiger partial charge in [0.1, 0.15) is 0 Å². The Hall–Kier alpha value is -0.380. The van der Waals surface area contributed by atoms with Gasteiger partial charge in [0.25, 0.3) is 0 Å². The van der Waals surface area contributed by atoms with Gasteiger partial charge in [0.05, 0.1) is 0 Å². The van der Waals surface area contributed by atoms with Crippen LogP contribution in [0.15, 0.2) is 22.7 Å². The minimum atomic E-state index is 0.222. The highest BCUT2D eigenvalue weighted by Gasteiger charge is 2.06. The SMILES string of the molecule is Cc1ccc(Br)c(CNCCCNC(C)(C)C)c1. The lowest BCUT2D eigenvalue weighted by Gasteiger charge is -2.20. The van der Waals surface area contributed by atoms with Gasteiger partial charge in [-0.15, -0.1) is 0 Å². The molecule has 1 aromatic rings. The van der Waals surface area contributed by atoms with E-state index in [0.29, 0.717) is 0 Å². The molecule has 0 spiro atoms. The minimum Gasteiger partial charge on any atom is -0.313 e. The zero-order valence-corrected chi connectivity index (χ0v) is 13.5. The molecule has 1 aromatic carbocycles. The fourth-order valence-electron chi connectivity index (χ4n) is 1.74. The summed E-state index contributed by atoms with van der Waals surface area (Å²) in [6.45, 7) is 11.8. The Balaban J connectivity index is 2.20. The first-order valence-electron chi connectivity index (χ1n) is 6.59. The summed E-state index contributed by atoms with van der Waals surface area (Å²) in [4.78, 5) is 0. The van der Waals surface area contributed by atoms with Crippen LogP contribution in [0.1, 0.15) is 38.3 Å². The van der Waals surface area contributed by atoms with E-state index in [0.717, 1.165) is 26.1 Å². The summed E-state index contributed by atoms with van der Waals surface area (Å²) in [6.07, 6.45) is 1.15. The standard InChI is InChI=1S/C15H25BrN2/c1-12-6-7-14(16)13(10-12)11-17-8-5-9-18-15(2,3)4/h6-7,10,17-18H,5,8-9,11H2,1-4H3. The van der Waals surface area contributed by atoms with Crippen LogP contribution in [0.2, 0.25) is 0 Å². The second kappa shape index (κ2) is 7.27. The highest BCUT2D eigenvalue weighted by atomic mass is 79.9. The van der Waals surface area contributed by atoms with Crippen LogP contribution in [0.3, 0.4) is 0 Å². The van der Waals surface area contributed by atoms with Crippen molar-refractivity contribution >= 4 is 15.9 Å². The maximum atomic E-state index is 3.59. The van der Waals surface area contributed by atoms with Crippen molar-refractivity contribution in [2.75, 3.05) is 13.1 Å². The molecule has 0 radical (unpaired) electrons. The van der Waals surface area contributed by atoms with Gasteiger partial charge in [0.15, 0.2) is 0 Å². The van der Waals surface area contributed by atoms with E-state index in [-0.39, 0.29) is 5.54 Å². The van der Waals surface area contributed by atoms with Crippen molar-refractivity contribution in [3.8, 4) is 0 Å². The summed E-state index contributed by atoms with van der Waals surface area (Å²) in [6, 6.07) is 6.47. The van der Waals surface area contributed by atoms with Crippen LogP contribution in [-0.2, 0) is 6.54 Å². The van der Waals surface area contributed by atoms with E-state index in [2.05, 4.69) is 72.5 Å². The van der Waals surface area contributed by atoms with Crippen LogP contribution >= 0.6 is 15.9 Å². The first kappa shape index (κ1) is 15.7. The number of hydrogen-bond acceptors (Lipinski definition) is 2. The summed E-state index contributed by atoms with van der Waals surface area (Å²) in [5.74, 6) is 0. The number of aryl methyl sites for hydroxylation is 1. The van der Waals surface area contributed by atoms with Gasteiger partial charge in [-0.05, 0) is 58.8 Å². The highest BCUT2D eigenvalue weighted by molar-refractivity contribution is 9.10. The van der Waals surface area contributed by atoms with E-state index in [1.54, 1.807) is 0 Å². The lowest BCUT2D eigenvalue weighted by molar-refractivity contribution is 0.418. The zero-order valence-electron chi connectivity index (χ0n) is 11.9. The molecule has 0 unspecified atom stereocenters. The Morgan fingerprint density at radius 3 is 2.56 bits per heavy atom. The maximum Gasteiger partial charge on any atom is 0.0220 e. The Kier molecular flexibility index (Phi) is 6.33. The molecule has 2 nitrogen and oxygen atoms in total. The average Bonchev–Trinajstić information content (AvgIpc) is 2.26. The highest BCUT2D eigenvalue weighted by Crippen LogP contribution is 2.17. The summed E-state index contributed by atoms with van der Waals surface area (Å²) >= 11 is 3.59. The molecule has 0 atom stereocenters. The second-order valence-corrected chi connectivity index (χ2v) is 6.66. The normalized spacial score (nSPS) is 11.8. The molecule has 0 heterocycles. The molecule has 0 saturated heterocycles. The first-order valence-corrected chi connectivity index (χ1v) is 7.38. The molecule has 0 saturated carbocycles. The van der Waals surface area contributed by atoms with Crippen molar-refractivity contribution in [3.05, 3.63) is 33.8 Å². The molecule has 0 aliphatic carbocycles. The van der Waals surface area contributed by atoms with Gasteiger partial charge in [0.2, 0.25) is 0 Å². The van der Waals surface area contributed by atoms with Crippen molar-refractivity contribution in [2.24, 2.45) is 0 Å². The second-order valence-electron chi connectivity index (χ2n) is 5.80. The molecule has 0 amide bonds. The molecule has 3 heteroatoms. The monoisotopic (exact) mass is 312 g/mol. The molecule has 102 valence electrons. The van der Waals surface area contributed by atoms with E-state index in [4.69, 9.17) is 0 Å². The largest absolute Gasteiger partial charge is 0.313 e. The number of rotatable bonds is 6. The number of benzene rings is 1. The topological polar surface area (TPSA) is 24.1 Å². The zero-order chi connectivity index (χ0) is 13.6. The van der Waals surface area contributed by atoms with Gasteiger partial charge in [-0.2, -0.15) is 0 Å². The smallest absolute Gasteiger partial charge is 0.0220 e. The molecule has 0 aliphatic rings. The van der Waals surface area contributed by atoms with Crippen LogP contribution in [-0.4, -0.2) is 18.6 Å². The van der Waals surface area contributed by atoms with Crippen molar-refractivity contribution in [1.29, 1.82) is 0 Å². The molecule has 2 N–H and O–H groups in total. The van der Waals surface area contributed by atoms with E-state index in [9.17, 15) is 0 Å². The van der Waals surface area contributed by atoms with E-state index in [1.165, 1.54) is 15.6 Å². The van der Waals surface area contributed by atoms with Gasteiger partial charge in [-0.25, -0.2) is 0 Å². The Bertz CT molecular complexity index is 369. The fourth-order valence-corrected chi connectivity index (χ4v) is 2.13. The quantitative estimate of drug-likeness (QED) is 0.784. The van der Waals surface area contributed by atoms with Crippen LogP contribution in [0, 0.1) is 6.92 Å². The van der Waals surface area contributed by atoms with Crippen LogP contribution in [0.25, 0.3) is 0 Å². The summed E-state index contributed by atoms with van der Waals surface area (Å²) < 4.78 is 1.19. The lowest BCUT2D eigenvalue weighted by atomic mass is 10.1. The van der Waals surface area contributed by atoms with E-state index < -0.39 is 0 Å². The van der Waals surface area contributed by atoms with Crippen molar-refractivity contribution < 1.29 is 0 Å². The summed E-state index contributed by atoms with van der Waals surface area (Å²) in [5, 5.41) is 6.98. The Morgan fingerprint density at radius 2 is 1.89 bits per heavy atom. The number of nitrogens with one attached hydrogen (secondary N) is 2. The molecule has 0 bridgehead atoms. The van der Waals surface area contributed by atoms with Crippen LogP contribution in [0.4, 0.5) is 0 Å². The first-order chi connectivity index (χ1) is 8.38. The third-order valence-corrected chi connectivity index (χ3v) is 3.48.